The molecule has 3 heterocycles. The van der Waals surface area contributed by atoms with Gasteiger partial charge < -0.3 is 15.6 Å². The number of benzene rings is 1. The van der Waals surface area contributed by atoms with Crippen molar-refractivity contribution in [1.82, 2.24) is 20.3 Å². The Bertz CT molecular complexity index is 1050. The van der Waals surface area contributed by atoms with E-state index in [0.717, 1.165) is 29.7 Å². The SMILES string of the molecule is O=C1NC(=O)c2cc(Nc3nc(NC4CCC4)c4cc[nH]c4n3)ccc21. The summed E-state index contributed by atoms with van der Waals surface area (Å²) in [6, 6.07) is 7.39. The number of hydrogen-bond donors (Lipinski definition) is 4. The highest BCUT2D eigenvalue weighted by Gasteiger charge is 2.26. The number of carbonyl (C=O) groups is 2. The molecule has 2 aliphatic rings. The zero-order valence-electron chi connectivity index (χ0n) is 13.8. The Morgan fingerprint density at radius 3 is 2.69 bits per heavy atom. The lowest BCUT2D eigenvalue weighted by Gasteiger charge is -2.27. The van der Waals surface area contributed by atoms with Crippen LogP contribution in [0.25, 0.3) is 11.0 Å². The Hall–Kier alpha value is -3.42. The predicted octanol–water partition coefficient (Wildman–Crippen LogP) is 2.55. The zero-order chi connectivity index (χ0) is 17.7. The van der Waals surface area contributed by atoms with Crippen LogP contribution in [-0.2, 0) is 0 Å². The van der Waals surface area contributed by atoms with E-state index < -0.39 is 0 Å². The van der Waals surface area contributed by atoms with Gasteiger partial charge in [-0.3, -0.25) is 14.9 Å². The monoisotopic (exact) mass is 348 g/mol. The Morgan fingerprint density at radius 1 is 1.04 bits per heavy atom. The van der Waals surface area contributed by atoms with E-state index in [1.807, 2.05) is 12.3 Å². The summed E-state index contributed by atoms with van der Waals surface area (Å²) in [5, 5.41) is 9.83. The molecular weight excluding hydrogens is 332 g/mol. The molecular formula is C18H16N6O2. The maximum absolute atomic E-state index is 11.8. The van der Waals surface area contributed by atoms with Crippen LogP contribution in [0, 0.1) is 0 Å². The molecule has 0 unspecified atom stereocenters. The summed E-state index contributed by atoms with van der Waals surface area (Å²) < 4.78 is 0. The van der Waals surface area contributed by atoms with Crippen LogP contribution in [0.3, 0.4) is 0 Å². The predicted molar refractivity (Wildman–Crippen MR) is 96.7 cm³/mol. The van der Waals surface area contributed by atoms with E-state index in [0.29, 0.717) is 28.8 Å². The van der Waals surface area contributed by atoms with E-state index in [1.54, 1.807) is 18.2 Å². The molecule has 0 radical (unpaired) electrons. The number of hydrogen-bond acceptors (Lipinski definition) is 6. The van der Waals surface area contributed by atoms with Crippen LogP contribution in [0.1, 0.15) is 40.0 Å². The summed E-state index contributed by atoms with van der Waals surface area (Å²) in [5.74, 6) is 0.457. The summed E-state index contributed by atoms with van der Waals surface area (Å²) in [6.07, 6.45) is 5.36. The molecule has 130 valence electrons. The number of anilines is 3. The van der Waals surface area contributed by atoms with E-state index in [9.17, 15) is 9.59 Å². The van der Waals surface area contributed by atoms with Crippen molar-refractivity contribution in [3.8, 4) is 0 Å². The van der Waals surface area contributed by atoms with Gasteiger partial charge in [0.05, 0.1) is 16.5 Å². The molecule has 3 aromatic rings. The first kappa shape index (κ1) is 14.9. The van der Waals surface area contributed by atoms with Crippen molar-refractivity contribution >= 4 is 40.3 Å². The van der Waals surface area contributed by atoms with Gasteiger partial charge >= 0.3 is 0 Å². The Kier molecular flexibility index (Phi) is 3.18. The van der Waals surface area contributed by atoms with Gasteiger partial charge in [0.2, 0.25) is 5.95 Å². The number of imide groups is 1. The Labute approximate surface area is 148 Å². The van der Waals surface area contributed by atoms with Crippen LogP contribution >= 0.6 is 0 Å². The van der Waals surface area contributed by atoms with Gasteiger partial charge in [0, 0.05) is 17.9 Å². The number of rotatable bonds is 4. The molecule has 1 fully saturated rings. The van der Waals surface area contributed by atoms with Crippen LogP contribution in [0.15, 0.2) is 30.5 Å². The first-order valence-electron chi connectivity index (χ1n) is 8.56. The first-order valence-corrected chi connectivity index (χ1v) is 8.56. The minimum Gasteiger partial charge on any atom is -0.367 e. The quantitative estimate of drug-likeness (QED) is 0.539. The smallest absolute Gasteiger partial charge is 0.259 e. The third-order valence-electron chi connectivity index (χ3n) is 4.85. The van der Waals surface area contributed by atoms with E-state index >= 15 is 0 Å². The number of carbonyl (C=O) groups excluding carboxylic acids is 2. The third kappa shape index (κ3) is 2.38. The molecule has 0 bridgehead atoms. The lowest BCUT2D eigenvalue weighted by molar-refractivity contribution is 0.0879. The van der Waals surface area contributed by atoms with Gasteiger partial charge in [0.1, 0.15) is 11.5 Å². The molecule has 0 atom stereocenters. The van der Waals surface area contributed by atoms with Gasteiger partial charge in [-0.1, -0.05) is 0 Å². The average Bonchev–Trinajstić information content (AvgIpc) is 3.16. The van der Waals surface area contributed by atoms with Gasteiger partial charge in [-0.15, -0.1) is 0 Å². The zero-order valence-corrected chi connectivity index (χ0v) is 13.8. The summed E-state index contributed by atoms with van der Waals surface area (Å²) >= 11 is 0. The van der Waals surface area contributed by atoms with Crippen molar-refractivity contribution < 1.29 is 9.59 Å². The second-order valence-corrected chi connectivity index (χ2v) is 6.58. The second-order valence-electron chi connectivity index (χ2n) is 6.58. The van der Waals surface area contributed by atoms with E-state index in [2.05, 4.69) is 30.9 Å². The molecule has 5 rings (SSSR count). The lowest BCUT2D eigenvalue weighted by atomic mass is 9.93. The Balaban J connectivity index is 1.48. The maximum atomic E-state index is 11.8. The van der Waals surface area contributed by atoms with Gasteiger partial charge in [-0.2, -0.15) is 9.97 Å². The number of amides is 2. The summed E-state index contributed by atoms with van der Waals surface area (Å²) in [7, 11) is 0. The van der Waals surface area contributed by atoms with Crippen molar-refractivity contribution in [2.45, 2.75) is 25.3 Å². The van der Waals surface area contributed by atoms with Crippen LogP contribution in [0.5, 0.6) is 0 Å². The molecule has 0 saturated heterocycles. The number of aromatic amines is 1. The van der Waals surface area contributed by atoms with Crippen molar-refractivity contribution in [1.29, 1.82) is 0 Å². The lowest BCUT2D eigenvalue weighted by Crippen LogP contribution is -2.27. The number of nitrogens with one attached hydrogen (secondary N) is 4. The molecule has 8 nitrogen and oxygen atoms in total. The minimum absolute atomic E-state index is 0.355. The van der Waals surface area contributed by atoms with Gasteiger partial charge in [-0.05, 0) is 43.5 Å². The van der Waals surface area contributed by atoms with Gasteiger partial charge in [0.25, 0.3) is 11.8 Å². The maximum Gasteiger partial charge on any atom is 0.259 e. The molecule has 1 aromatic carbocycles. The molecule has 2 amide bonds. The number of nitrogens with zero attached hydrogens (tertiary/aromatic N) is 2. The van der Waals surface area contributed by atoms with Crippen LogP contribution in [-0.4, -0.2) is 32.8 Å². The fourth-order valence-electron chi connectivity index (χ4n) is 3.23. The average molecular weight is 348 g/mol. The molecule has 0 spiro atoms. The summed E-state index contributed by atoms with van der Waals surface area (Å²) in [4.78, 5) is 35.7. The summed E-state index contributed by atoms with van der Waals surface area (Å²) in [5.41, 5.74) is 2.12. The molecule has 1 aliphatic heterocycles. The van der Waals surface area contributed by atoms with Crippen LogP contribution in [0.4, 0.5) is 17.5 Å². The molecule has 1 aliphatic carbocycles. The molecule has 26 heavy (non-hydrogen) atoms. The Morgan fingerprint density at radius 2 is 1.88 bits per heavy atom. The van der Waals surface area contributed by atoms with E-state index in [4.69, 9.17) is 0 Å². The number of aromatic nitrogens is 3. The number of fused-ring (bicyclic) bond motifs is 2. The van der Waals surface area contributed by atoms with Crippen molar-refractivity contribution in [3.05, 3.63) is 41.6 Å². The largest absolute Gasteiger partial charge is 0.367 e. The van der Waals surface area contributed by atoms with Gasteiger partial charge in [0.15, 0.2) is 0 Å². The van der Waals surface area contributed by atoms with Gasteiger partial charge in [-0.25, -0.2) is 0 Å². The minimum atomic E-state index is -0.387. The summed E-state index contributed by atoms with van der Waals surface area (Å²) in [6.45, 7) is 0. The van der Waals surface area contributed by atoms with Crippen molar-refractivity contribution in [2.24, 2.45) is 0 Å². The highest BCUT2D eigenvalue weighted by atomic mass is 16.2. The second kappa shape index (κ2) is 5.55. The fraction of sp³-hybridized carbons (Fsp3) is 0.222. The topological polar surface area (TPSA) is 112 Å². The third-order valence-corrected chi connectivity index (χ3v) is 4.85. The number of H-pyrrole nitrogens is 1. The highest BCUT2D eigenvalue weighted by molar-refractivity contribution is 6.21. The standard InChI is InChI=1S/C18H16N6O2/c25-16-11-5-4-10(8-13(11)17(26)24-16)21-18-22-14-12(6-7-19-14)15(23-18)20-9-2-1-3-9/h4-9H,1-3H2,(H,24,25,26)(H3,19,20,21,22,23). The van der Waals surface area contributed by atoms with Crippen LogP contribution in [0.2, 0.25) is 0 Å². The van der Waals surface area contributed by atoms with E-state index in [-0.39, 0.29) is 11.8 Å². The fourth-order valence-corrected chi connectivity index (χ4v) is 3.23. The molecule has 2 aromatic heterocycles. The molecule has 1 saturated carbocycles. The first-order chi connectivity index (χ1) is 12.7. The normalized spacial score (nSPS) is 16.3. The van der Waals surface area contributed by atoms with Crippen LogP contribution < -0.4 is 16.0 Å². The van der Waals surface area contributed by atoms with Crippen molar-refractivity contribution in [2.75, 3.05) is 10.6 Å². The molecule has 4 N–H and O–H groups in total. The van der Waals surface area contributed by atoms with E-state index in [1.165, 1.54) is 6.42 Å². The highest BCUT2D eigenvalue weighted by Crippen LogP contribution is 2.28. The van der Waals surface area contributed by atoms with Crippen molar-refractivity contribution in [3.63, 3.8) is 0 Å². The molecule has 8 heteroatoms.